The Kier molecular flexibility index (Phi) is 3.64. The van der Waals surface area contributed by atoms with Crippen molar-refractivity contribution in [2.75, 3.05) is 6.61 Å². The molecule has 78 valence electrons. The number of epoxide rings is 1. The Labute approximate surface area is 81.0 Å². The van der Waals surface area contributed by atoms with Gasteiger partial charge in [-0.25, -0.2) is 9.59 Å². The SMILES string of the molecule is O=C(O)/C=C(/CCCC1CO1)C(=O)O. The Morgan fingerprint density at radius 2 is 2.07 bits per heavy atom. The second-order valence-electron chi connectivity index (χ2n) is 3.16. The molecule has 0 aliphatic carbocycles. The van der Waals surface area contributed by atoms with Crippen molar-refractivity contribution in [3.63, 3.8) is 0 Å². The molecule has 1 heterocycles. The van der Waals surface area contributed by atoms with E-state index in [1.165, 1.54) is 0 Å². The first-order valence-electron chi connectivity index (χ1n) is 4.38. The highest BCUT2D eigenvalue weighted by Crippen LogP contribution is 2.18. The van der Waals surface area contributed by atoms with Crippen LogP contribution in [-0.2, 0) is 14.3 Å². The summed E-state index contributed by atoms with van der Waals surface area (Å²) in [6, 6.07) is 0. The average Bonchev–Trinajstić information content (AvgIpc) is 2.85. The van der Waals surface area contributed by atoms with Crippen LogP contribution in [0.2, 0.25) is 0 Å². The lowest BCUT2D eigenvalue weighted by atomic mass is 10.1. The van der Waals surface area contributed by atoms with Crippen LogP contribution >= 0.6 is 0 Å². The summed E-state index contributed by atoms with van der Waals surface area (Å²) < 4.78 is 4.95. The summed E-state index contributed by atoms with van der Waals surface area (Å²) in [4.78, 5) is 20.8. The Morgan fingerprint density at radius 3 is 2.50 bits per heavy atom. The van der Waals surface area contributed by atoms with Crippen molar-refractivity contribution in [1.29, 1.82) is 0 Å². The summed E-state index contributed by atoms with van der Waals surface area (Å²) in [5, 5.41) is 17.0. The first kappa shape index (κ1) is 10.7. The van der Waals surface area contributed by atoms with Gasteiger partial charge < -0.3 is 14.9 Å². The fourth-order valence-corrected chi connectivity index (χ4v) is 1.14. The molecule has 1 aliphatic heterocycles. The van der Waals surface area contributed by atoms with Gasteiger partial charge in [-0.05, 0) is 19.3 Å². The number of rotatable bonds is 6. The summed E-state index contributed by atoms with van der Waals surface area (Å²) >= 11 is 0. The van der Waals surface area contributed by atoms with Crippen molar-refractivity contribution < 1.29 is 24.5 Å². The maximum atomic E-state index is 10.6. The van der Waals surface area contributed by atoms with Crippen molar-refractivity contribution in [2.45, 2.75) is 25.4 Å². The molecule has 0 aromatic heterocycles. The third-order valence-electron chi connectivity index (χ3n) is 1.95. The monoisotopic (exact) mass is 200 g/mol. The van der Waals surface area contributed by atoms with Crippen molar-refractivity contribution in [1.82, 2.24) is 0 Å². The molecule has 2 N–H and O–H groups in total. The first-order valence-corrected chi connectivity index (χ1v) is 4.38. The van der Waals surface area contributed by atoms with Gasteiger partial charge in [0, 0.05) is 11.6 Å². The average molecular weight is 200 g/mol. The minimum Gasteiger partial charge on any atom is -0.478 e. The molecule has 14 heavy (non-hydrogen) atoms. The van der Waals surface area contributed by atoms with Crippen molar-refractivity contribution in [2.24, 2.45) is 0 Å². The molecule has 0 saturated carbocycles. The normalized spacial score (nSPS) is 20.6. The molecule has 0 spiro atoms. The molecule has 5 nitrogen and oxygen atoms in total. The molecule has 1 aliphatic rings. The Balaban J connectivity index is 2.34. The third kappa shape index (κ3) is 4.04. The molecular formula is C9H12O5. The van der Waals surface area contributed by atoms with Crippen LogP contribution in [0.1, 0.15) is 19.3 Å². The van der Waals surface area contributed by atoms with E-state index in [0.29, 0.717) is 6.42 Å². The van der Waals surface area contributed by atoms with E-state index in [9.17, 15) is 9.59 Å². The van der Waals surface area contributed by atoms with Gasteiger partial charge in [-0.1, -0.05) is 0 Å². The van der Waals surface area contributed by atoms with Gasteiger partial charge in [0.25, 0.3) is 0 Å². The lowest BCUT2D eigenvalue weighted by Crippen LogP contribution is -2.04. The third-order valence-corrected chi connectivity index (χ3v) is 1.95. The zero-order valence-corrected chi connectivity index (χ0v) is 7.60. The summed E-state index contributed by atoms with van der Waals surface area (Å²) in [6.07, 6.45) is 2.73. The molecule has 1 saturated heterocycles. The van der Waals surface area contributed by atoms with Crippen LogP contribution in [0.4, 0.5) is 0 Å². The number of carboxylic acids is 2. The Hall–Kier alpha value is -1.36. The van der Waals surface area contributed by atoms with Gasteiger partial charge in [-0.15, -0.1) is 0 Å². The van der Waals surface area contributed by atoms with Crippen LogP contribution in [0.25, 0.3) is 0 Å². The van der Waals surface area contributed by atoms with E-state index in [1.54, 1.807) is 0 Å². The zero-order chi connectivity index (χ0) is 10.6. The van der Waals surface area contributed by atoms with E-state index in [0.717, 1.165) is 19.1 Å². The molecule has 5 heteroatoms. The van der Waals surface area contributed by atoms with E-state index in [-0.39, 0.29) is 18.1 Å². The second kappa shape index (κ2) is 4.76. The van der Waals surface area contributed by atoms with Gasteiger partial charge in [0.2, 0.25) is 0 Å². The quantitative estimate of drug-likeness (QED) is 0.485. The fraction of sp³-hybridized carbons (Fsp3) is 0.556. The number of carbonyl (C=O) groups is 2. The van der Waals surface area contributed by atoms with Crippen molar-refractivity contribution in [3.05, 3.63) is 11.6 Å². The van der Waals surface area contributed by atoms with E-state index in [2.05, 4.69) is 0 Å². The highest BCUT2D eigenvalue weighted by molar-refractivity contribution is 5.94. The van der Waals surface area contributed by atoms with Crippen LogP contribution in [0.5, 0.6) is 0 Å². The van der Waals surface area contributed by atoms with Crippen LogP contribution in [0.3, 0.4) is 0 Å². The van der Waals surface area contributed by atoms with E-state index < -0.39 is 11.9 Å². The molecule has 0 bridgehead atoms. The largest absolute Gasteiger partial charge is 0.478 e. The van der Waals surface area contributed by atoms with Gasteiger partial charge >= 0.3 is 11.9 Å². The van der Waals surface area contributed by atoms with Crippen LogP contribution in [0.15, 0.2) is 11.6 Å². The number of hydrogen-bond acceptors (Lipinski definition) is 3. The highest BCUT2D eigenvalue weighted by Gasteiger charge is 2.22. The zero-order valence-electron chi connectivity index (χ0n) is 7.60. The number of carboxylic acid groups (broad SMARTS) is 2. The van der Waals surface area contributed by atoms with Crippen LogP contribution in [-0.4, -0.2) is 34.9 Å². The van der Waals surface area contributed by atoms with Gasteiger partial charge in [0.1, 0.15) is 0 Å². The number of hydrogen-bond donors (Lipinski definition) is 2. The van der Waals surface area contributed by atoms with Crippen molar-refractivity contribution in [3.8, 4) is 0 Å². The standard InChI is InChI=1S/C9H12O5/c10-8(11)4-6(9(12)13)2-1-3-7-5-14-7/h4,7H,1-3,5H2,(H,10,11)(H,12,13)/b6-4-. The maximum Gasteiger partial charge on any atom is 0.331 e. The van der Waals surface area contributed by atoms with Gasteiger partial charge in [0.15, 0.2) is 0 Å². The number of aliphatic carboxylic acids is 2. The van der Waals surface area contributed by atoms with Crippen LogP contribution < -0.4 is 0 Å². The molecule has 0 aromatic carbocycles. The van der Waals surface area contributed by atoms with Crippen LogP contribution in [0, 0.1) is 0 Å². The van der Waals surface area contributed by atoms with E-state index >= 15 is 0 Å². The minimum atomic E-state index is -1.22. The van der Waals surface area contributed by atoms with E-state index in [4.69, 9.17) is 14.9 Å². The smallest absolute Gasteiger partial charge is 0.331 e. The lowest BCUT2D eigenvalue weighted by molar-refractivity contribution is -0.135. The van der Waals surface area contributed by atoms with Gasteiger partial charge in [-0.3, -0.25) is 0 Å². The lowest BCUT2D eigenvalue weighted by Gasteiger charge is -1.99. The molecule has 0 amide bonds. The Bertz CT molecular complexity index is 264. The molecule has 1 atom stereocenters. The summed E-state index contributed by atoms with van der Waals surface area (Å²) in [5.74, 6) is -2.38. The maximum absolute atomic E-state index is 10.6. The molecule has 1 fully saturated rings. The molecule has 1 unspecified atom stereocenters. The first-order chi connectivity index (χ1) is 6.59. The summed E-state index contributed by atoms with van der Waals surface area (Å²) in [6.45, 7) is 0.741. The highest BCUT2D eigenvalue weighted by atomic mass is 16.6. The second-order valence-corrected chi connectivity index (χ2v) is 3.16. The summed E-state index contributed by atoms with van der Waals surface area (Å²) in [7, 11) is 0. The predicted octanol–water partition coefficient (Wildman–Crippen LogP) is 0.651. The van der Waals surface area contributed by atoms with Gasteiger partial charge in [0.05, 0.1) is 12.7 Å². The molecule has 0 aromatic rings. The van der Waals surface area contributed by atoms with Gasteiger partial charge in [-0.2, -0.15) is 0 Å². The van der Waals surface area contributed by atoms with E-state index in [1.807, 2.05) is 0 Å². The number of ether oxygens (including phenoxy) is 1. The predicted molar refractivity (Wildman–Crippen MR) is 46.9 cm³/mol. The topological polar surface area (TPSA) is 87.1 Å². The molecular weight excluding hydrogens is 188 g/mol. The minimum absolute atomic E-state index is 0.0573. The summed E-state index contributed by atoms with van der Waals surface area (Å²) in [5.41, 5.74) is -0.0573. The fourth-order valence-electron chi connectivity index (χ4n) is 1.14. The molecule has 0 radical (unpaired) electrons. The van der Waals surface area contributed by atoms with Crippen molar-refractivity contribution >= 4 is 11.9 Å². The molecule has 1 rings (SSSR count). The Morgan fingerprint density at radius 1 is 1.43 bits per heavy atom.